The first kappa shape index (κ1) is 44.6. The lowest BCUT2D eigenvalue weighted by Gasteiger charge is -2.60. The fraction of sp³-hybridized carbons (Fsp3) is 0.380. The molecule has 0 aromatic heterocycles. The molecule has 1 fully saturated rings. The fourth-order valence-electron chi connectivity index (χ4n) is 9.57. The van der Waals surface area contributed by atoms with Gasteiger partial charge in [-0.25, -0.2) is 4.39 Å². The smallest absolute Gasteiger partial charge is 0.254 e. The molecule has 6 atom stereocenters. The maximum Gasteiger partial charge on any atom is 0.254 e. The van der Waals surface area contributed by atoms with Gasteiger partial charge in [0.1, 0.15) is 36.2 Å². The van der Waals surface area contributed by atoms with E-state index in [-0.39, 0.29) is 56.4 Å². The number of hydrogen-bond acceptors (Lipinski definition) is 10. The molecule has 1 heterocycles. The Kier molecular flexibility index (Phi) is 14.8. The summed E-state index contributed by atoms with van der Waals surface area (Å²) in [7, 11) is 1.51. The van der Waals surface area contributed by atoms with Gasteiger partial charge in [0, 0.05) is 48.1 Å². The van der Waals surface area contributed by atoms with Crippen LogP contribution in [0.15, 0.2) is 125 Å². The van der Waals surface area contributed by atoms with Gasteiger partial charge in [0.05, 0.1) is 29.9 Å². The van der Waals surface area contributed by atoms with E-state index in [1.807, 2.05) is 42.7 Å². The second-order valence-corrected chi connectivity index (χ2v) is 16.9. The zero-order chi connectivity index (χ0) is 43.6. The van der Waals surface area contributed by atoms with Crippen molar-refractivity contribution in [2.75, 3.05) is 33.2 Å². The van der Waals surface area contributed by atoms with Crippen LogP contribution in [-0.2, 0) is 16.1 Å². The van der Waals surface area contributed by atoms with E-state index in [1.54, 1.807) is 59.1 Å². The van der Waals surface area contributed by atoms with Gasteiger partial charge in [-0.2, -0.15) is 5.26 Å². The lowest BCUT2D eigenvalue weighted by Crippen LogP contribution is -2.70. The molecule has 0 radical (unpaired) electrons. The number of aliphatic hydroxyl groups excluding tert-OH is 2. The first-order valence-corrected chi connectivity index (χ1v) is 22.5. The van der Waals surface area contributed by atoms with Crippen LogP contribution in [0.2, 0.25) is 0 Å². The summed E-state index contributed by atoms with van der Waals surface area (Å²) in [5.41, 5.74) is 3.94. The summed E-state index contributed by atoms with van der Waals surface area (Å²) in [5.74, 6) is -1.04. The van der Waals surface area contributed by atoms with Gasteiger partial charge in [-0.05, 0) is 134 Å². The zero-order valence-electron chi connectivity index (χ0n) is 35.3. The van der Waals surface area contributed by atoms with Gasteiger partial charge < -0.3 is 34.2 Å². The average molecular weight is 860 g/mol. The van der Waals surface area contributed by atoms with Crippen LogP contribution in [-0.4, -0.2) is 71.7 Å². The number of allylic oxidation sites excluding steroid dienone is 1. The normalized spacial score (nSPS) is 22.9. The number of halogens is 1. The molecule has 0 saturated heterocycles. The Hall–Kier alpha value is -5.45. The summed E-state index contributed by atoms with van der Waals surface area (Å²) in [6.07, 6.45) is 10.6. The quantitative estimate of drug-likeness (QED) is 0.0409. The minimum absolute atomic E-state index is 0.0155. The van der Waals surface area contributed by atoms with Crippen molar-refractivity contribution in [1.82, 2.24) is 4.90 Å². The molecule has 1 aliphatic heterocycles. The van der Waals surface area contributed by atoms with Crippen LogP contribution in [0.5, 0.6) is 17.2 Å². The van der Waals surface area contributed by atoms with E-state index in [0.29, 0.717) is 52.5 Å². The van der Waals surface area contributed by atoms with Gasteiger partial charge in [0.25, 0.3) is 5.91 Å². The van der Waals surface area contributed by atoms with Crippen molar-refractivity contribution in [3.8, 4) is 23.3 Å². The number of carbonyl (C=O) groups is 1. The molecule has 62 heavy (non-hydrogen) atoms. The van der Waals surface area contributed by atoms with Crippen molar-refractivity contribution >= 4 is 23.4 Å². The summed E-state index contributed by atoms with van der Waals surface area (Å²) in [6.45, 7) is 4.35. The number of nitrogens with zero attached hydrogens (tertiary/aromatic N) is 3. The standard InChI is InChI=1S/C50H54FN3O7S/c1-4-27-59-50-46(54(32-34-13-17-37(51)18-14-34)49(57)35-15-11-33(31-52)12-16-35)30-44(53-58-2)42-28-36(9-5-7-25-55)41(10-6-8-26-56)47(48(42)50)43-29-39(21-24-45(43)61-50)60-38-19-22-40(62-3)23-20-38/h4,11-24,28-29,36,41,46-48,55-56H,1,5-10,25-27,30,32H2,2-3H3. The second-order valence-electron chi connectivity index (χ2n) is 16.0. The van der Waals surface area contributed by atoms with Gasteiger partial charge in [-0.3, -0.25) is 4.79 Å². The Morgan fingerprint density at radius 1 is 1.00 bits per heavy atom. The minimum Gasteiger partial charge on any atom is -0.459 e. The second kappa shape index (κ2) is 20.6. The van der Waals surface area contributed by atoms with E-state index < -0.39 is 23.6 Å². The molecule has 0 spiro atoms. The lowest BCUT2D eigenvalue weighted by molar-refractivity contribution is -0.255. The average Bonchev–Trinajstić information content (AvgIpc) is 3.30. The van der Waals surface area contributed by atoms with Gasteiger partial charge in [0.2, 0.25) is 5.79 Å². The van der Waals surface area contributed by atoms with Crippen molar-refractivity contribution in [2.24, 2.45) is 22.9 Å². The third-order valence-corrected chi connectivity index (χ3v) is 13.0. The molecule has 1 saturated carbocycles. The van der Waals surface area contributed by atoms with Gasteiger partial charge in [-0.15, -0.1) is 18.3 Å². The first-order chi connectivity index (χ1) is 30.3. The number of carbonyl (C=O) groups excluding carboxylic acids is 1. The number of ether oxygens (including phenoxy) is 3. The fourth-order valence-corrected chi connectivity index (χ4v) is 9.97. The van der Waals surface area contributed by atoms with E-state index in [9.17, 15) is 19.9 Å². The lowest BCUT2D eigenvalue weighted by atomic mass is 9.55. The van der Waals surface area contributed by atoms with Crippen LogP contribution < -0.4 is 9.47 Å². The predicted molar refractivity (Wildman–Crippen MR) is 238 cm³/mol. The number of rotatable bonds is 19. The van der Waals surface area contributed by atoms with E-state index >= 15 is 4.79 Å². The molecule has 7 rings (SSSR count). The Balaban J connectivity index is 1.46. The maximum absolute atomic E-state index is 15.1. The van der Waals surface area contributed by atoms with Gasteiger partial charge in [0.15, 0.2) is 0 Å². The molecule has 4 aromatic carbocycles. The highest BCUT2D eigenvalue weighted by atomic mass is 32.2. The molecule has 6 unspecified atom stereocenters. The molecular formula is C50H54FN3O7S. The highest BCUT2D eigenvalue weighted by molar-refractivity contribution is 7.98. The summed E-state index contributed by atoms with van der Waals surface area (Å²) >= 11 is 1.66. The molecule has 1 amide bonds. The van der Waals surface area contributed by atoms with Crippen molar-refractivity contribution in [3.63, 3.8) is 0 Å². The number of amides is 1. The third kappa shape index (κ3) is 9.47. The van der Waals surface area contributed by atoms with Crippen LogP contribution in [0, 0.1) is 34.9 Å². The SMILES string of the molecule is C=CCOC12Oc3ccc(Oc4ccc(SC)cc4)cc3C3C(CCCCO)C(CCCCO)C=C(C(=NOC)CC1N(Cc1ccc(F)cc1)C(=O)c1ccc(C#N)cc1)C32. The number of nitriles is 1. The molecular weight excluding hydrogens is 806 g/mol. The predicted octanol–water partition coefficient (Wildman–Crippen LogP) is 9.82. The number of oxime groups is 1. The zero-order valence-corrected chi connectivity index (χ0v) is 36.1. The van der Waals surface area contributed by atoms with Crippen LogP contribution in [0.1, 0.15) is 77.9 Å². The van der Waals surface area contributed by atoms with Crippen molar-refractivity contribution in [1.29, 1.82) is 5.26 Å². The largest absolute Gasteiger partial charge is 0.459 e. The Bertz CT molecular complexity index is 2280. The highest BCUT2D eigenvalue weighted by Crippen LogP contribution is 2.62. The van der Waals surface area contributed by atoms with Crippen molar-refractivity contribution in [2.45, 2.75) is 74.1 Å². The van der Waals surface area contributed by atoms with Crippen molar-refractivity contribution in [3.05, 3.63) is 143 Å². The molecule has 3 aliphatic rings. The topological polar surface area (TPSA) is 134 Å². The summed E-state index contributed by atoms with van der Waals surface area (Å²) < 4.78 is 35.3. The van der Waals surface area contributed by atoms with Crippen LogP contribution in [0.25, 0.3) is 0 Å². The summed E-state index contributed by atoms with van der Waals surface area (Å²) in [6, 6.07) is 27.7. The molecule has 324 valence electrons. The van der Waals surface area contributed by atoms with Gasteiger partial charge in [-0.1, -0.05) is 42.3 Å². The van der Waals surface area contributed by atoms with E-state index in [0.717, 1.165) is 41.7 Å². The number of hydrogen-bond donors (Lipinski definition) is 2. The van der Waals surface area contributed by atoms with E-state index in [2.05, 4.69) is 29.9 Å². The molecule has 0 bridgehead atoms. The molecule has 10 nitrogen and oxygen atoms in total. The number of thioether (sulfide) groups is 1. The Morgan fingerprint density at radius 2 is 1.71 bits per heavy atom. The first-order valence-electron chi connectivity index (χ1n) is 21.3. The minimum atomic E-state index is -1.51. The van der Waals surface area contributed by atoms with Crippen LogP contribution >= 0.6 is 11.8 Å². The van der Waals surface area contributed by atoms with Crippen molar-refractivity contribution < 1.29 is 38.4 Å². The van der Waals surface area contributed by atoms with Crippen LogP contribution in [0.4, 0.5) is 4.39 Å². The summed E-state index contributed by atoms with van der Waals surface area (Å²) in [5, 5.41) is 34.1. The summed E-state index contributed by atoms with van der Waals surface area (Å²) in [4.78, 5) is 23.6. The van der Waals surface area contributed by atoms with Gasteiger partial charge >= 0.3 is 0 Å². The molecule has 2 N–H and O–H groups in total. The Labute approximate surface area is 367 Å². The van der Waals surface area contributed by atoms with E-state index in [4.69, 9.17) is 19.0 Å². The maximum atomic E-state index is 15.1. The number of fused-ring (bicyclic) bond motifs is 2. The number of benzene rings is 4. The molecule has 2 aliphatic carbocycles. The molecule has 4 aromatic rings. The monoisotopic (exact) mass is 859 g/mol. The highest BCUT2D eigenvalue weighted by Gasteiger charge is 2.65. The number of unbranched alkanes of at least 4 members (excludes halogenated alkanes) is 2. The Morgan fingerprint density at radius 3 is 2.37 bits per heavy atom. The number of aliphatic hydroxyl groups is 2. The van der Waals surface area contributed by atoms with Crippen LogP contribution in [0.3, 0.4) is 0 Å². The molecule has 12 heteroatoms. The van der Waals surface area contributed by atoms with E-state index in [1.165, 1.54) is 19.2 Å². The third-order valence-electron chi connectivity index (χ3n) is 12.3.